The fourth-order valence-corrected chi connectivity index (χ4v) is 3.50. The molecular weight excluding hydrogens is 244 g/mol. The fraction of sp³-hybridized carbons (Fsp3) is 0.692. The lowest BCUT2D eigenvalue weighted by atomic mass is 9.96. The van der Waals surface area contributed by atoms with Crippen LogP contribution in [0.4, 0.5) is 10.8 Å². The van der Waals surface area contributed by atoms with Crippen LogP contribution in [0.25, 0.3) is 0 Å². The summed E-state index contributed by atoms with van der Waals surface area (Å²) in [6.45, 7) is 4.30. The Hall–Kier alpha value is -1.28. The molecule has 1 fully saturated rings. The highest BCUT2D eigenvalue weighted by Crippen LogP contribution is 2.32. The van der Waals surface area contributed by atoms with Crippen LogP contribution in [-0.2, 0) is 0 Å². The van der Waals surface area contributed by atoms with E-state index in [0.29, 0.717) is 11.4 Å². The van der Waals surface area contributed by atoms with Crippen LogP contribution < -0.4 is 10.6 Å². The molecule has 0 aromatic carbocycles. The van der Waals surface area contributed by atoms with Crippen LogP contribution in [-0.4, -0.2) is 17.5 Å². The number of nitrogen functional groups attached to an aromatic ring is 1. The number of nitrogens with two attached hydrogens (primary N) is 1. The minimum Gasteiger partial charge on any atom is -0.382 e. The van der Waals surface area contributed by atoms with Gasteiger partial charge in [0, 0.05) is 13.1 Å². The van der Waals surface area contributed by atoms with E-state index in [1.165, 1.54) is 43.6 Å². The van der Waals surface area contributed by atoms with E-state index >= 15 is 0 Å². The Morgan fingerprint density at radius 1 is 1.50 bits per heavy atom. The molecule has 2 N–H and O–H groups in total. The van der Waals surface area contributed by atoms with Gasteiger partial charge in [-0.15, -0.1) is 0 Å². The summed E-state index contributed by atoms with van der Waals surface area (Å²) in [5, 5.41) is 10.1. The highest BCUT2D eigenvalue weighted by atomic mass is 32.1. The predicted molar refractivity (Wildman–Crippen MR) is 75.7 cm³/mol. The lowest BCUT2D eigenvalue weighted by Gasteiger charge is -2.20. The minimum atomic E-state index is 0.381. The standard InChI is InChI=1S/C13H20N4S/c1-2-4-10-5-3-7-17(8-6-10)13-11(9-14)12(15)16-18-13/h10H,2-8H2,1H3,(H2,15,16). The molecule has 0 radical (unpaired) electrons. The Balaban J connectivity index is 2.08. The third kappa shape index (κ3) is 2.75. The zero-order valence-electron chi connectivity index (χ0n) is 10.9. The van der Waals surface area contributed by atoms with Crippen molar-refractivity contribution >= 4 is 22.4 Å². The normalized spacial score (nSPS) is 20.4. The third-order valence-corrected chi connectivity index (χ3v) is 4.57. The van der Waals surface area contributed by atoms with Crippen molar-refractivity contribution in [1.82, 2.24) is 4.37 Å². The van der Waals surface area contributed by atoms with Gasteiger partial charge >= 0.3 is 0 Å². The molecule has 0 saturated carbocycles. The van der Waals surface area contributed by atoms with Gasteiger partial charge in [-0.3, -0.25) is 0 Å². The summed E-state index contributed by atoms with van der Waals surface area (Å²) < 4.78 is 4.10. The molecule has 0 spiro atoms. The summed E-state index contributed by atoms with van der Waals surface area (Å²) in [6, 6.07) is 2.18. The van der Waals surface area contributed by atoms with Gasteiger partial charge in [0.15, 0.2) is 5.82 Å². The molecule has 0 amide bonds. The maximum Gasteiger partial charge on any atom is 0.157 e. The van der Waals surface area contributed by atoms with Gasteiger partial charge in [0.05, 0.1) is 0 Å². The van der Waals surface area contributed by atoms with Gasteiger partial charge in [-0.05, 0) is 36.7 Å². The molecule has 1 unspecified atom stereocenters. The lowest BCUT2D eigenvalue weighted by Crippen LogP contribution is -2.24. The second-order valence-corrected chi connectivity index (χ2v) is 5.68. The van der Waals surface area contributed by atoms with Gasteiger partial charge in [-0.1, -0.05) is 19.8 Å². The van der Waals surface area contributed by atoms with Crippen LogP contribution in [0.3, 0.4) is 0 Å². The molecule has 1 atom stereocenters. The molecule has 1 aliphatic rings. The zero-order valence-corrected chi connectivity index (χ0v) is 11.7. The molecule has 98 valence electrons. The Kier molecular flexibility index (Phi) is 4.43. The van der Waals surface area contributed by atoms with Crippen molar-refractivity contribution in [2.75, 3.05) is 23.7 Å². The number of hydrogen-bond acceptors (Lipinski definition) is 5. The van der Waals surface area contributed by atoms with Crippen molar-refractivity contribution in [1.29, 1.82) is 5.26 Å². The summed E-state index contributed by atoms with van der Waals surface area (Å²) in [5.74, 6) is 1.22. The van der Waals surface area contributed by atoms with Gasteiger partial charge < -0.3 is 10.6 Å². The van der Waals surface area contributed by atoms with Gasteiger partial charge in [-0.2, -0.15) is 9.64 Å². The maximum atomic E-state index is 9.14. The minimum absolute atomic E-state index is 0.381. The second kappa shape index (κ2) is 6.05. The fourth-order valence-electron chi connectivity index (χ4n) is 2.68. The Morgan fingerprint density at radius 3 is 3.06 bits per heavy atom. The molecule has 2 rings (SSSR count). The summed E-state index contributed by atoms with van der Waals surface area (Å²) in [7, 11) is 0. The van der Waals surface area contributed by atoms with Crippen molar-refractivity contribution in [2.24, 2.45) is 5.92 Å². The maximum absolute atomic E-state index is 9.14. The van der Waals surface area contributed by atoms with E-state index in [-0.39, 0.29) is 0 Å². The van der Waals surface area contributed by atoms with Crippen LogP contribution in [0.5, 0.6) is 0 Å². The van der Waals surface area contributed by atoms with Crippen LogP contribution in [0.1, 0.15) is 44.6 Å². The van der Waals surface area contributed by atoms with Crippen LogP contribution in [0.2, 0.25) is 0 Å². The number of nitriles is 1. The predicted octanol–water partition coefficient (Wildman–Crippen LogP) is 3.00. The van der Waals surface area contributed by atoms with E-state index in [0.717, 1.165) is 24.0 Å². The smallest absolute Gasteiger partial charge is 0.157 e. The highest BCUT2D eigenvalue weighted by Gasteiger charge is 2.21. The van der Waals surface area contributed by atoms with E-state index in [4.69, 9.17) is 11.0 Å². The van der Waals surface area contributed by atoms with Crippen molar-refractivity contribution in [2.45, 2.75) is 39.0 Å². The molecule has 18 heavy (non-hydrogen) atoms. The second-order valence-electron chi connectivity index (χ2n) is 4.93. The number of aromatic nitrogens is 1. The van der Waals surface area contributed by atoms with Crippen LogP contribution in [0, 0.1) is 17.2 Å². The first-order valence-electron chi connectivity index (χ1n) is 6.66. The Bertz CT molecular complexity index is 435. The van der Waals surface area contributed by atoms with Crippen molar-refractivity contribution < 1.29 is 0 Å². The average molecular weight is 264 g/mol. The van der Waals surface area contributed by atoms with Crippen LogP contribution in [0.15, 0.2) is 0 Å². The summed E-state index contributed by atoms with van der Waals surface area (Å²) in [4.78, 5) is 2.29. The molecule has 1 aliphatic heterocycles. The average Bonchev–Trinajstić information content (AvgIpc) is 2.59. The van der Waals surface area contributed by atoms with Gasteiger partial charge in [0.25, 0.3) is 0 Å². The lowest BCUT2D eigenvalue weighted by molar-refractivity contribution is 0.435. The first-order chi connectivity index (χ1) is 8.76. The SMILES string of the molecule is CCCC1CCCN(c2snc(N)c2C#N)CC1. The molecule has 0 bridgehead atoms. The number of nitrogens with zero attached hydrogens (tertiary/aromatic N) is 3. The van der Waals surface area contributed by atoms with Gasteiger partial charge in [0.2, 0.25) is 0 Å². The van der Waals surface area contributed by atoms with E-state index in [9.17, 15) is 0 Å². The van der Waals surface area contributed by atoms with Crippen LogP contribution >= 0.6 is 11.5 Å². The quantitative estimate of drug-likeness (QED) is 0.911. The first kappa shape index (κ1) is 13.2. The number of anilines is 2. The van der Waals surface area contributed by atoms with Crippen molar-refractivity contribution in [3.63, 3.8) is 0 Å². The monoisotopic (exact) mass is 264 g/mol. The molecule has 1 saturated heterocycles. The first-order valence-corrected chi connectivity index (χ1v) is 7.43. The molecule has 5 heteroatoms. The van der Waals surface area contributed by atoms with E-state index < -0.39 is 0 Å². The largest absolute Gasteiger partial charge is 0.382 e. The summed E-state index contributed by atoms with van der Waals surface area (Å²) in [5.41, 5.74) is 6.29. The zero-order chi connectivity index (χ0) is 13.0. The molecular formula is C13H20N4S. The third-order valence-electron chi connectivity index (χ3n) is 3.64. The van der Waals surface area contributed by atoms with Gasteiger partial charge in [0.1, 0.15) is 16.6 Å². The summed E-state index contributed by atoms with van der Waals surface area (Å²) in [6.07, 6.45) is 6.32. The highest BCUT2D eigenvalue weighted by molar-refractivity contribution is 7.10. The molecule has 1 aromatic heterocycles. The van der Waals surface area contributed by atoms with E-state index in [1.807, 2.05) is 0 Å². The molecule has 4 nitrogen and oxygen atoms in total. The summed E-state index contributed by atoms with van der Waals surface area (Å²) >= 11 is 1.36. The van der Waals surface area contributed by atoms with Crippen molar-refractivity contribution in [3.8, 4) is 6.07 Å². The van der Waals surface area contributed by atoms with E-state index in [1.54, 1.807) is 0 Å². The Morgan fingerprint density at radius 2 is 2.33 bits per heavy atom. The topological polar surface area (TPSA) is 65.9 Å². The molecule has 1 aromatic rings. The molecule has 0 aliphatic carbocycles. The van der Waals surface area contributed by atoms with E-state index in [2.05, 4.69) is 22.3 Å². The van der Waals surface area contributed by atoms with Gasteiger partial charge in [-0.25, -0.2) is 0 Å². The molecule has 2 heterocycles. The Labute approximate surface area is 113 Å². The van der Waals surface area contributed by atoms with Crippen molar-refractivity contribution in [3.05, 3.63) is 5.56 Å². The number of hydrogen-bond donors (Lipinski definition) is 1. The number of rotatable bonds is 3.